The predicted molar refractivity (Wildman–Crippen MR) is 108 cm³/mol. The highest BCUT2D eigenvalue weighted by Crippen LogP contribution is 2.38. The minimum absolute atomic E-state index is 0.0558. The zero-order chi connectivity index (χ0) is 18.8. The van der Waals surface area contributed by atoms with E-state index in [1.54, 1.807) is 17.8 Å². The molecule has 6 heteroatoms. The van der Waals surface area contributed by atoms with Gasteiger partial charge in [-0.3, -0.25) is 4.79 Å². The molecule has 4 rings (SSSR count). The Balaban J connectivity index is 0.000000948. The van der Waals surface area contributed by atoms with E-state index in [9.17, 15) is 9.18 Å². The minimum atomic E-state index is -0.430. The van der Waals surface area contributed by atoms with E-state index in [1.165, 1.54) is 12.1 Å². The number of benzene rings is 2. The van der Waals surface area contributed by atoms with Gasteiger partial charge >= 0.3 is 0 Å². The van der Waals surface area contributed by atoms with E-state index >= 15 is 0 Å². The van der Waals surface area contributed by atoms with Gasteiger partial charge in [-0.2, -0.15) is 0 Å². The third-order valence-electron chi connectivity index (χ3n) is 3.89. The summed E-state index contributed by atoms with van der Waals surface area (Å²) in [7, 11) is 0. The highest BCUT2D eigenvalue weighted by Gasteiger charge is 2.19. The Hall–Kier alpha value is -2.24. The largest absolute Gasteiger partial charge is 0.454 e. The molecule has 134 valence electrons. The summed E-state index contributed by atoms with van der Waals surface area (Å²) in [6, 6.07) is 11.9. The number of H-pyrrole nitrogens is 1. The molecule has 0 amide bonds. The number of aromatic nitrogens is 1. The van der Waals surface area contributed by atoms with Gasteiger partial charge in [0, 0.05) is 10.3 Å². The zero-order valence-corrected chi connectivity index (χ0v) is 16.1. The maximum Gasteiger partial charge on any atom is 0.268 e. The number of aromatic amines is 1. The number of nitrogens with one attached hydrogen (secondary N) is 1. The highest BCUT2D eigenvalue weighted by molar-refractivity contribution is 7.98. The van der Waals surface area contributed by atoms with Gasteiger partial charge in [0.25, 0.3) is 5.56 Å². The van der Waals surface area contributed by atoms with Crippen molar-refractivity contribution in [2.75, 3.05) is 6.26 Å². The summed E-state index contributed by atoms with van der Waals surface area (Å²) in [4.78, 5) is 16.0. The smallest absolute Gasteiger partial charge is 0.268 e. The van der Waals surface area contributed by atoms with E-state index < -0.39 is 11.4 Å². The van der Waals surface area contributed by atoms with E-state index in [2.05, 4.69) is 4.98 Å². The van der Waals surface area contributed by atoms with Crippen molar-refractivity contribution in [2.24, 2.45) is 0 Å². The lowest BCUT2D eigenvalue weighted by Gasteiger charge is -2.06. The third-order valence-corrected chi connectivity index (χ3v) is 4.98. The van der Waals surface area contributed by atoms with Crippen LogP contribution in [0.5, 0.6) is 0 Å². The Kier molecular flexibility index (Phi) is 5.39. The van der Waals surface area contributed by atoms with Crippen LogP contribution < -0.4 is 5.56 Å². The van der Waals surface area contributed by atoms with E-state index in [1.807, 2.05) is 44.4 Å². The van der Waals surface area contributed by atoms with Gasteiger partial charge in [-0.1, -0.05) is 37.6 Å². The van der Waals surface area contributed by atoms with Gasteiger partial charge in [-0.15, -0.1) is 11.8 Å². The first-order valence-corrected chi connectivity index (χ1v) is 9.76. The van der Waals surface area contributed by atoms with Gasteiger partial charge in [-0.05, 0) is 42.2 Å². The molecule has 0 bridgehead atoms. The molecule has 2 aromatic heterocycles. The topological polar surface area (TPSA) is 46.0 Å². The molecule has 0 unspecified atom stereocenters. The molecule has 0 saturated carbocycles. The van der Waals surface area contributed by atoms with Gasteiger partial charge < -0.3 is 9.40 Å². The molecule has 1 N–H and O–H groups in total. The van der Waals surface area contributed by atoms with Crippen molar-refractivity contribution in [3.8, 4) is 11.1 Å². The van der Waals surface area contributed by atoms with Gasteiger partial charge in [-0.25, -0.2) is 4.39 Å². The highest BCUT2D eigenvalue weighted by atomic mass is 35.5. The summed E-state index contributed by atoms with van der Waals surface area (Å²) in [5.74, 6) is -0.396. The lowest BCUT2D eigenvalue weighted by atomic mass is 10.1. The van der Waals surface area contributed by atoms with E-state index in [0.29, 0.717) is 27.6 Å². The fourth-order valence-electron chi connectivity index (χ4n) is 2.79. The van der Waals surface area contributed by atoms with Crippen LogP contribution in [0.3, 0.4) is 0 Å². The van der Waals surface area contributed by atoms with Crippen molar-refractivity contribution in [3.63, 3.8) is 0 Å². The zero-order valence-electron chi connectivity index (χ0n) is 14.5. The van der Waals surface area contributed by atoms with Crippen LogP contribution in [0, 0.1) is 5.82 Å². The SMILES string of the molecule is CC.CSc1cccc(-c2c(Cl)c(=O)[nH]c3c2oc2ccc(F)cc23)c1. The standard InChI is InChI=1S/C18H11ClFNO2S.C2H6/c1-24-11-4-2-3-9(7-11)14-15(19)18(22)21-16-12-8-10(20)5-6-13(12)23-17(14)16;1-2/h2-8H,1H3,(H,21,22);1-2H3. The number of furan rings is 1. The minimum Gasteiger partial charge on any atom is -0.454 e. The first kappa shape index (κ1) is 18.5. The van der Waals surface area contributed by atoms with Gasteiger partial charge in [0.15, 0.2) is 5.58 Å². The van der Waals surface area contributed by atoms with Gasteiger partial charge in [0.1, 0.15) is 16.4 Å². The number of hydrogen-bond acceptors (Lipinski definition) is 3. The number of halogens is 2. The average molecular weight is 390 g/mol. The van der Waals surface area contributed by atoms with E-state index in [4.69, 9.17) is 16.0 Å². The molecule has 0 aliphatic heterocycles. The Morgan fingerprint density at radius 3 is 2.65 bits per heavy atom. The number of thioether (sulfide) groups is 1. The van der Waals surface area contributed by atoms with Crippen molar-refractivity contribution < 1.29 is 8.81 Å². The molecule has 0 fully saturated rings. The number of rotatable bonds is 2. The van der Waals surface area contributed by atoms with Crippen molar-refractivity contribution in [3.05, 3.63) is 63.7 Å². The molecule has 0 spiro atoms. The quantitative estimate of drug-likeness (QED) is 0.399. The fraction of sp³-hybridized carbons (Fsp3) is 0.150. The Morgan fingerprint density at radius 2 is 1.92 bits per heavy atom. The Morgan fingerprint density at radius 1 is 1.15 bits per heavy atom. The van der Waals surface area contributed by atoms with Gasteiger partial charge in [0.05, 0.1) is 11.1 Å². The molecule has 0 saturated heterocycles. The van der Waals surface area contributed by atoms with Crippen LogP contribution in [0.4, 0.5) is 4.39 Å². The van der Waals surface area contributed by atoms with Crippen LogP contribution in [0.1, 0.15) is 13.8 Å². The van der Waals surface area contributed by atoms with Crippen LogP contribution in [-0.2, 0) is 0 Å². The summed E-state index contributed by atoms with van der Waals surface area (Å²) >= 11 is 7.87. The molecule has 3 nitrogen and oxygen atoms in total. The molecule has 0 aliphatic rings. The van der Waals surface area contributed by atoms with E-state index in [0.717, 1.165) is 10.5 Å². The molecule has 2 heterocycles. The van der Waals surface area contributed by atoms with Crippen LogP contribution in [0.2, 0.25) is 5.02 Å². The first-order valence-electron chi connectivity index (χ1n) is 8.16. The van der Waals surface area contributed by atoms with Crippen LogP contribution >= 0.6 is 23.4 Å². The molecule has 4 aromatic rings. The predicted octanol–water partition coefficient (Wildman–Crippen LogP) is 6.48. The lowest BCUT2D eigenvalue weighted by molar-refractivity contribution is 0.626. The van der Waals surface area contributed by atoms with Crippen molar-refractivity contribution in [1.82, 2.24) is 4.98 Å². The normalized spacial score (nSPS) is 10.8. The number of pyridine rings is 1. The Labute approximate surface area is 159 Å². The van der Waals surface area contributed by atoms with Crippen molar-refractivity contribution in [1.29, 1.82) is 0 Å². The first-order chi connectivity index (χ1) is 12.6. The maximum atomic E-state index is 13.6. The number of hydrogen-bond donors (Lipinski definition) is 1. The second kappa shape index (κ2) is 7.56. The molecular weight excluding hydrogens is 373 g/mol. The maximum absolute atomic E-state index is 13.6. The summed E-state index contributed by atoms with van der Waals surface area (Å²) in [6.07, 6.45) is 1.97. The average Bonchev–Trinajstić information content (AvgIpc) is 3.01. The summed E-state index contributed by atoms with van der Waals surface area (Å²) in [6.45, 7) is 4.00. The Bertz CT molecular complexity index is 1150. The van der Waals surface area contributed by atoms with Crippen LogP contribution in [0.15, 0.2) is 56.6 Å². The summed E-state index contributed by atoms with van der Waals surface area (Å²) in [5.41, 5.74) is 2.25. The molecule has 0 radical (unpaired) electrons. The lowest BCUT2D eigenvalue weighted by Crippen LogP contribution is -2.07. The molecule has 26 heavy (non-hydrogen) atoms. The molecular formula is C20H17ClFNO2S. The monoisotopic (exact) mass is 389 g/mol. The second-order valence-electron chi connectivity index (χ2n) is 5.32. The van der Waals surface area contributed by atoms with Crippen LogP contribution in [-0.4, -0.2) is 11.2 Å². The van der Waals surface area contributed by atoms with Crippen LogP contribution in [0.25, 0.3) is 33.2 Å². The second-order valence-corrected chi connectivity index (χ2v) is 6.58. The van der Waals surface area contributed by atoms with E-state index in [-0.39, 0.29) is 5.02 Å². The summed E-state index contributed by atoms with van der Waals surface area (Å²) < 4.78 is 19.5. The van der Waals surface area contributed by atoms with Crippen molar-refractivity contribution >= 4 is 45.4 Å². The fourth-order valence-corrected chi connectivity index (χ4v) is 3.49. The van der Waals surface area contributed by atoms with Crippen molar-refractivity contribution in [2.45, 2.75) is 18.7 Å². The molecule has 0 atom stereocenters. The molecule has 0 aliphatic carbocycles. The number of fused-ring (bicyclic) bond motifs is 3. The summed E-state index contributed by atoms with van der Waals surface area (Å²) in [5, 5.41) is 0.571. The third kappa shape index (κ3) is 3.13. The van der Waals surface area contributed by atoms with Gasteiger partial charge in [0.2, 0.25) is 0 Å². The molecule has 2 aromatic carbocycles.